The molecule has 1 aromatic rings. The highest BCUT2D eigenvalue weighted by atomic mass is 19.4. The second kappa shape index (κ2) is 5.34. The molecule has 1 amide bonds. The Morgan fingerprint density at radius 1 is 1.50 bits per heavy atom. The Labute approximate surface area is 114 Å². The van der Waals surface area contributed by atoms with Crippen LogP contribution in [0.25, 0.3) is 0 Å². The molecule has 8 heteroatoms. The molecule has 1 atom stereocenters. The third kappa shape index (κ3) is 3.23. The lowest BCUT2D eigenvalue weighted by Crippen LogP contribution is -2.42. The lowest BCUT2D eigenvalue weighted by Gasteiger charge is -2.32. The molecule has 1 aliphatic rings. The number of likely N-dealkylation sites (tertiary alicyclic amines) is 1. The first kappa shape index (κ1) is 14.7. The maximum absolute atomic E-state index is 12.3. The van der Waals surface area contributed by atoms with E-state index in [9.17, 15) is 18.0 Å². The van der Waals surface area contributed by atoms with Crippen molar-refractivity contribution in [2.45, 2.75) is 44.9 Å². The molecule has 2 rings (SSSR count). The van der Waals surface area contributed by atoms with Crippen LogP contribution >= 0.6 is 0 Å². The average molecular weight is 290 g/mol. The molecule has 0 spiro atoms. The highest BCUT2D eigenvalue weighted by molar-refractivity contribution is 5.97. The third-order valence-corrected chi connectivity index (χ3v) is 3.40. The van der Waals surface area contributed by atoms with Gasteiger partial charge in [-0.15, -0.1) is 0 Å². The van der Waals surface area contributed by atoms with E-state index < -0.39 is 18.6 Å². The Hall–Kier alpha value is -1.73. The minimum Gasteiger partial charge on any atom is -0.396 e. The summed E-state index contributed by atoms with van der Waals surface area (Å²) in [6.45, 7) is 1.26. The fourth-order valence-corrected chi connectivity index (χ4v) is 2.40. The van der Waals surface area contributed by atoms with Gasteiger partial charge in [-0.25, -0.2) is 0 Å². The lowest BCUT2D eigenvalue weighted by atomic mass is 10.0. The van der Waals surface area contributed by atoms with Crippen molar-refractivity contribution in [2.24, 2.45) is 0 Å². The number of amides is 1. The highest BCUT2D eigenvalue weighted by Gasteiger charge is 2.31. The van der Waals surface area contributed by atoms with Gasteiger partial charge in [0.2, 0.25) is 0 Å². The van der Waals surface area contributed by atoms with Gasteiger partial charge in [-0.05, 0) is 26.2 Å². The van der Waals surface area contributed by atoms with Crippen molar-refractivity contribution in [3.8, 4) is 0 Å². The largest absolute Gasteiger partial charge is 0.408 e. The molecule has 2 heterocycles. The van der Waals surface area contributed by atoms with Crippen LogP contribution in [0.3, 0.4) is 0 Å². The van der Waals surface area contributed by atoms with Crippen molar-refractivity contribution in [3.63, 3.8) is 0 Å². The number of carbonyl (C=O) groups is 1. The van der Waals surface area contributed by atoms with Gasteiger partial charge >= 0.3 is 6.18 Å². The van der Waals surface area contributed by atoms with E-state index in [4.69, 9.17) is 5.73 Å². The normalized spacial score (nSPS) is 20.2. The quantitative estimate of drug-likeness (QED) is 0.906. The SMILES string of the molecule is CC1CCCCN1C(=O)c1nn(CC(F)(F)F)cc1N. The van der Waals surface area contributed by atoms with Gasteiger partial charge in [0.25, 0.3) is 5.91 Å². The maximum atomic E-state index is 12.3. The lowest BCUT2D eigenvalue weighted by molar-refractivity contribution is -0.142. The summed E-state index contributed by atoms with van der Waals surface area (Å²) in [6, 6.07) is 0.0587. The number of piperidine rings is 1. The standard InChI is InChI=1S/C12H17F3N4O/c1-8-4-2-3-5-19(8)11(20)10-9(16)6-18(17-10)7-12(13,14)15/h6,8H,2-5,7,16H2,1H3. The van der Waals surface area contributed by atoms with Gasteiger partial charge in [-0.1, -0.05) is 0 Å². The van der Waals surface area contributed by atoms with Crippen molar-refractivity contribution in [1.82, 2.24) is 14.7 Å². The van der Waals surface area contributed by atoms with E-state index in [-0.39, 0.29) is 17.4 Å². The summed E-state index contributed by atoms with van der Waals surface area (Å²) in [4.78, 5) is 13.9. The first-order chi connectivity index (χ1) is 9.28. The Morgan fingerprint density at radius 3 is 2.80 bits per heavy atom. The van der Waals surface area contributed by atoms with Crippen molar-refractivity contribution in [1.29, 1.82) is 0 Å². The smallest absolute Gasteiger partial charge is 0.396 e. The van der Waals surface area contributed by atoms with Crippen LogP contribution in [-0.4, -0.2) is 39.4 Å². The Bertz CT molecular complexity index is 497. The van der Waals surface area contributed by atoms with Crippen LogP contribution in [0, 0.1) is 0 Å². The average Bonchev–Trinajstić information content (AvgIpc) is 2.67. The fraction of sp³-hybridized carbons (Fsp3) is 0.667. The van der Waals surface area contributed by atoms with Crippen LogP contribution in [0.4, 0.5) is 18.9 Å². The van der Waals surface area contributed by atoms with Gasteiger partial charge in [0.1, 0.15) is 6.54 Å². The summed E-state index contributed by atoms with van der Waals surface area (Å²) in [5.41, 5.74) is 5.50. The monoisotopic (exact) mass is 290 g/mol. The van der Waals surface area contributed by atoms with E-state index >= 15 is 0 Å². The summed E-state index contributed by atoms with van der Waals surface area (Å²) >= 11 is 0. The molecule has 0 aliphatic carbocycles. The molecule has 1 fully saturated rings. The number of hydrogen-bond donors (Lipinski definition) is 1. The number of aromatic nitrogens is 2. The van der Waals surface area contributed by atoms with Crippen LogP contribution in [0.15, 0.2) is 6.20 Å². The number of hydrogen-bond acceptors (Lipinski definition) is 3. The summed E-state index contributed by atoms with van der Waals surface area (Å²) in [5, 5.41) is 3.69. The molecule has 5 nitrogen and oxygen atoms in total. The summed E-state index contributed by atoms with van der Waals surface area (Å²) in [7, 11) is 0. The summed E-state index contributed by atoms with van der Waals surface area (Å²) < 4.78 is 37.6. The van der Waals surface area contributed by atoms with E-state index in [2.05, 4.69) is 5.10 Å². The zero-order valence-electron chi connectivity index (χ0n) is 11.2. The molecule has 1 aromatic heterocycles. The molecule has 0 radical (unpaired) electrons. The number of anilines is 1. The minimum atomic E-state index is -4.39. The van der Waals surface area contributed by atoms with Crippen LogP contribution in [0.1, 0.15) is 36.7 Å². The van der Waals surface area contributed by atoms with Gasteiger partial charge in [0, 0.05) is 18.8 Å². The van der Waals surface area contributed by atoms with Gasteiger partial charge < -0.3 is 10.6 Å². The molecule has 0 aromatic carbocycles. The third-order valence-electron chi connectivity index (χ3n) is 3.40. The summed E-state index contributed by atoms with van der Waals surface area (Å²) in [5.74, 6) is -0.393. The molecule has 0 saturated carbocycles. The summed E-state index contributed by atoms with van der Waals surface area (Å²) in [6.07, 6.45) is -0.524. The number of carbonyl (C=O) groups excluding carboxylic acids is 1. The molecule has 112 valence electrons. The van der Waals surface area contributed by atoms with Crippen LogP contribution < -0.4 is 5.73 Å². The number of halogens is 3. The molecule has 1 unspecified atom stereocenters. The molecule has 1 aliphatic heterocycles. The second-order valence-electron chi connectivity index (χ2n) is 5.09. The van der Waals surface area contributed by atoms with Gasteiger partial charge in [0.05, 0.1) is 5.69 Å². The first-order valence-electron chi connectivity index (χ1n) is 6.48. The highest BCUT2D eigenvalue weighted by Crippen LogP contribution is 2.23. The molecule has 20 heavy (non-hydrogen) atoms. The maximum Gasteiger partial charge on any atom is 0.408 e. The van der Waals surface area contributed by atoms with Crippen LogP contribution in [-0.2, 0) is 6.54 Å². The number of alkyl halides is 3. The van der Waals surface area contributed by atoms with E-state index in [0.29, 0.717) is 11.2 Å². The van der Waals surface area contributed by atoms with Gasteiger partial charge in [-0.3, -0.25) is 9.48 Å². The first-order valence-corrected chi connectivity index (χ1v) is 6.48. The topological polar surface area (TPSA) is 64.2 Å². The molecule has 0 bridgehead atoms. The van der Waals surface area contributed by atoms with Crippen LogP contribution in [0.2, 0.25) is 0 Å². The molecule has 1 saturated heterocycles. The number of nitrogen functional groups attached to an aromatic ring is 1. The molecule has 2 N–H and O–H groups in total. The zero-order chi connectivity index (χ0) is 14.9. The Balaban J connectivity index is 2.17. The van der Waals surface area contributed by atoms with Crippen molar-refractivity contribution in [3.05, 3.63) is 11.9 Å². The van der Waals surface area contributed by atoms with E-state index in [1.165, 1.54) is 0 Å². The van der Waals surface area contributed by atoms with Gasteiger partial charge in [0.15, 0.2) is 5.69 Å². The van der Waals surface area contributed by atoms with Crippen molar-refractivity contribution in [2.75, 3.05) is 12.3 Å². The predicted octanol–water partition coefficient (Wildman–Crippen LogP) is 2.04. The minimum absolute atomic E-state index is 0.0166. The molecular weight excluding hydrogens is 273 g/mol. The Kier molecular flexibility index (Phi) is 3.92. The number of nitrogens with zero attached hydrogens (tertiary/aromatic N) is 3. The fourth-order valence-electron chi connectivity index (χ4n) is 2.40. The molecular formula is C12H17F3N4O. The number of rotatable bonds is 2. The van der Waals surface area contributed by atoms with E-state index in [1.807, 2.05) is 6.92 Å². The Morgan fingerprint density at radius 2 is 2.20 bits per heavy atom. The van der Waals surface area contributed by atoms with Gasteiger partial charge in [-0.2, -0.15) is 18.3 Å². The van der Waals surface area contributed by atoms with E-state index in [1.54, 1.807) is 4.90 Å². The van der Waals surface area contributed by atoms with Crippen molar-refractivity contribution >= 4 is 11.6 Å². The van der Waals surface area contributed by atoms with E-state index in [0.717, 1.165) is 25.5 Å². The predicted molar refractivity (Wildman–Crippen MR) is 67.0 cm³/mol. The number of nitrogens with two attached hydrogens (primary N) is 1. The second-order valence-corrected chi connectivity index (χ2v) is 5.09. The van der Waals surface area contributed by atoms with Crippen LogP contribution in [0.5, 0.6) is 0 Å². The zero-order valence-corrected chi connectivity index (χ0v) is 11.2. The van der Waals surface area contributed by atoms with Crippen molar-refractivity contribution < 1.29 is 18.0 Å².